The molecule has 1 unspecified atom stereocenters. The third kappa shape index (κ3) is 4.55. The fourth-order valence-electron chi connectivity index (χ4n) is 2.17. The minimum atomic E-state index is -1.60. The Balaban J connectivity index is 2.26. The summed E-state index contributed by atoms with van der Waals surface area (Å²) in [6, 6.07) is 8.65. The molecule has 7 nitrogen and oxygen atoms in total. The summed E-state index contributed by atoms with van der Waals surface area (Å²) < 4.78 is 12.8. The number of amides is 2. The van der Waals surface area contributed by atoms with Crippen molar-refractivity contribution >= 4 is 39.8 Å². The number of hydrogen-bond acceptors (Lipinski definition) is 4. The summed E-state index contributed by atoms with van der Waals surface area (Å²) in [5.74, 6) is 0. The van der Waals surface area contributed by atoms with Crippen LogP contribution in [0.15, 0.2) is 46.2 Å². The van der Waals surface area contributed by atoms with Crippen molar-refractivity contribution in [1.82, 2.24) is 5.32 Å². The number of non-ortho nitro benzene ring substituents is 1. The number of aryl methyl sites for hydroxylation is 1. The average molecular weight is 382 g/mol. The topological polar surface area (TPSA) is 101 Å². The number of benzene rings is 2. The van der Waals surface area contributed by atoms with Gasteiger partial charge in [0.1, 0.15) is 0 Å². The Morgan fingerprint density at radius 1 is 1.28 bits per heavy atom. The van der Waals surface area contributed by atoms with Crippen LogP contribution in [-0.2, 0) is 10.8 Å². The Hall–Kier alpha value is -2.45. The van der Waals surface area contributed by atoms with Gasteiger partial charge in [-0.1, -0.05) is 11.6 Å². The van der Waals surface area contributed by atoms with Crippen LogP contribution in [0, 0.1) is 17.0 Å². The Morgan fingerprint density at radius 3 is 2.44 bits per heavy atom. The zero-order valence-electron chi connectivity index (χ0n) is 13.5. The minimum Gasteiger partial charge on any atom is -0.338 e. The SMILES string of the molecule is CCNC(=O)Nc1ccc(S(=O)c2c(C)cc([N+](=O)[O-])cc2Cl)cc1. The zero-order chi connectivity index (χ0) is 18.6. The van der Waals surface area contributed by atoms with E-state index >= 15 is 0 Å². The van der Waals surface area contributed by atoms with E-state index < -0.39 is 15.7 Å². The van der Waals surface area contributed by atoms with E-state index in [0.29, 0.717) is 27.6 Å². The number of nitro groups is 1. The van der Waals surface area contributed by atoms with Gasteiger partial charge in [0.2, 0.25) is 0 Å². The number of nitro benzene ring substituents is 1. The summed E-state index contributed by atoms with van der Waals surface area (Å²) in [7, 11) is -1.60. The van der Waals surface area contributed by atoms with E-state index in [1.165, 1.54) is 12.1 Å². The molecule has 0 bridgehead atoms. The van der Waals surface area contributed by atoms with Crippen molar-refractivity contribution < 1.29 is 13.9 Å². The molecule has 0 fully saturated rings. The van der Waals surface area contributed by atoms with Gasteiger partial charge < -0.3 is 10.6 Å². The lowest BCUT2D eigenvalue weighted by Crippen LogP contribution is -2.28. The zero-order valence-corrected chi connectivity index (χ0v) is 15.1. The molecule has 0 aromatic heterocycles. The maximum absolute atomic E-state index is 12.8. The van der Waals surface area contributed by atoms with E-state index in [-0.39, 0.29) is 16.7 Å². The van der Waals surface area contributed by atoms with Gasteiger partial charge in [0, 0.05) is 29.3 Å². The number of nitrogens with zero attached hydrogens (tertiary/aromatic N) is 1. The van der Waals surface area contributed by atoms with E-state index in [9.17, 15) is 19.1 Å². The molecule has 1 atom stereocenters. The summed E-state index contributed by atoms with van der Waals surface area (Å²) in [5, 5.41) is 16.2. The highest BCUT2D eigenvalue weighted by atomic mass is 35.5. The van der Waals surface area contributed by atoms with E-state index in [0.717, 1.165) is 0 Å². The molecule has 0 radical (unpaired) electrons. The molecule has 2 amide bonds. The average Bonchev–Trinajstić information content (AvgIpc) is 2.54. The van der Waals surface area contributed by atoms with Crippen molar-refractivity contribution in [2.75, 3.05) is 11.9 Å². The highest BCUT2D eigenvalue weighted by Gasteiger charge is 2.19. The van der Waals surface area contributed by atoms with Crippen LogP contribution in [0.5, 0.6) is 0 Å². The molecule has 132 valence electrons. The fourth-order valence-corrected chi connectivity index (χ4v) is 3.85. The molecule has 0 spiro atoms. The van der Waals surface area contributed by atoms with Crippen molar-refractivity contribution in [1.29, 1.82) is 0 Å². The Kier molecular flexibility index (Phi) is 6.11. The quantitative estimate of drug-likeness (QED) is 0.606. The van der Waals surface area contributed by atoms with Gasteiger partial charge in [-0.15, -0.1) is 0 Å². The maximum atomic E-state index is 12.8. The molecule has 25 heavy (non-hydrogen) atoms. The summed E-state index contributed by atoms with van der Waals surface area (Å²) in [6.45, 7) is 3.94. The summed E-state index contributed by atoms with van der Waals surface area (Å²) in [4.78, 5) is 22.6. The van der Waals surface area contributed by atoms with Crippen LogP contribution >= 0.6 is 11.6 Å². The van der Waals surface area contributed by atoms with Crippen LogP contribution in [0.25, 0.3) is 0 Å². The summed E-state index contributed by atoms with van der Waals surface area (Å²) in [5.41, 5.74) is 0.880. The van der Waals surface area contributed by atoms with Crippen molar-refractivity contribution in [3.8, 4) is 0 Å². The van der Waals surface area contributed by atoms with E-state index in [2.05, 4.69) is 10.6 Å². The van der Waals surface area contributed by atoms with Gasteiger partial charge in [-0.2, -0.15) is 0 Å². The Bertz CT molecular complexity index is 817. The van der Waals surface area contributed by atoms with E-state index in [1.54, 1.807) is 31.2 Å². The Morgan fingerprint density at radius 2 is 1.92 bits per heavy atom. The molecule has 0 saturated heterocycles. The van der Waals surface area contributed by atoms with Gasteiger partial charge in [-0.3, -0.25) is 10.1 Å². The number of hydrogen-bond donors (Lipinski definition) is 2. The van der Waals surface area contributed by atoms with E-state index in [1.807, 2.05) is 6.92 Å². The van der Waals surface area contributed by atoms with Crippen LogP contribution in [-0.4, -0.2) is 21.7 Å². The first-order valence-corrected chi connectivity index (χ1v) is 8.87. The highest BCUT2D eigenvalue weighted by Crippen LogP contribution is 2.31. The minimum absolute atomic E-state index is 0.0783. The first-order chi connectivity index (χ1) is 11.8. The molecule has 2 aromatic rings. The molecule has 2 aromatic carbocycles. The van der Waals surface area contributed by atoms with Gasteiger partial charge in [-0.05, 0) is 43.7 Å². The third-order valence-corrected chi connectivity index (χ3v) is 5.30. The van der Waals surface area contributed by atoms with Gasteiger partial charge >= 0.3 is 6.03 Å². The van der Waals surface area contributed by atoms with Crippen molar-refractivity contribution in [2.45, 2.75) is 23.6 Å². The molecule has 0 saturated carbocycles. The lowest BCUT2D eigenvalue weighted by Gasteiger charge is -2.10. The van der Waals surface area contributed by atoms with Crippen molar-refractivity contribution in [3.05, 3.63) is 57.1 Å². The molecular weight excluding hydrogens is 366 g/mol. The van der Waals surface area contributed by atoms with Crippen LogP contribution in [0.4, 0.5) is 16.2 Å². The largest absolute Gasteiger partial charge is 0.338 e. The van der Waals surface area contributed by atoms with Crippen LogP contribution in [0.3, 0.4) is 0 Å². The van der Waals surface area contributed by atoms with Crippen LogP contribution in [0.1, 0.15) is 12.5 Å². The molecular formula is C16H16ClN3O4S. The molecule has 9 heteroatoms. The second kappa shape index (κ2) is 8.09. The summed E-state index contributed by atoms with van der Waals surface area (Å²) in [6.07, 6.45) is 0. The normalized spacial score (nSPS) is 11.6. The number of halogens is 1. The predicted octanol–water partition coefficient (Wildman–Crippen LogP) is 3.86. The Labute approximate surface area is 152 Å². The number of nitrogens with one attached hydrogen (secondary N) is 2. The second-order valence-corrected chi connectivity index (χ2v) is 6.93. The standard InChI is InChI=1S/C16H16ClN3O4S/c1-3-18-16(21)19-11-4-6-13(7-5-11)25(24)15-10(2)8-12(20(22)23)9-14(15)17/h4-9H,3H2,1-2H3,(H2,18,19,21). The smallest absolute Gasteiger partial charge is 0.319 e. The summed E-state index contributed by atoms with van der Waals surface area (Å²) >= 11 is 6.10. The molecule has 0 heterocycles. The highest BCUT2D eigenvalue weighted by molar-refractivity contribution is 7.85. The number of rotatable bonds is 5. The van der Waals surface area contributed by atoms with Crippen LogP contribution < -0.4 is 10.6 Å². The van der Waals surface area contributed by atoms with Gasteiger partial charge in [0.15, 0.2) is 0 Å². The first kappa shape index (κ1) is 18.9. The van der Waals surface area contributed by atoms with E-state index in [4.69, 9.17) is 11.6 Å². The van der Waals surface area contributed by atoms with Crippen LogP contribution in [0.2, 0.25) is 5.02 Å². The second-order valence-electron chi connectivity index (χ2n) is 5.11. The van der Waals surface area contributed by atoms with Crippen molar-refractivity contribution in [2.24, 2.45) is 0 Å². The molecule has 0 aliphatic rings. The number of anilines is 1. The lowest BCUT2D eigenvalue weighted by molar-refractivity contribution is -0.384. The van der Waals surface area contributed by atoms with Gasteiger partial charge in [0.05, 0.1) is 25.6 Å². The molecule has 0 aliphatic heterocycles. The first-order valence-electron chi connectivity index (χ1n) is 7.34. The number of urea groups is 1. The third-order valence-electron chi connectivity index (χ3n) is 3.27. The molecule has 0 aliphatic carbocycles. The van der Waals surface area contributed by atoms with Gasteiger partial charge in [0.25, 0.3) is 5.69 Å². The predicted molar refractivity (Wildman–Crippen MR) is 96.7 cm³/mol. The lowest BCUT2D eigenvalue weighted by atomic mass is 10.2. The molecule has 2 N–H and O–H groups in total. The maximum Gasteiger partial charge on any atom is 0.319 e. The van der Waals surface area contributed by atoms with Gasteiger partial charge in [-0.25, -0.2) is 9.00 Å². The fraction of sp³-hybridized carbons (Fsp3) is 0.188. The number of carbonyl (C=O) groups is 1. The number of carbonyl (C=O) groups excluding carboxylic acids is 1. The monoisotopic (exact) mass is 381 g/mol. The van der Waals surface area contributed by atoms with Crippen molar-refractivity contribution in [3.63, 3.8) is 0 Å². The molecule has 2 rings (SSSR count).